The summed E-state index contributed by atoms with van der Waals surface area (Å²) >= 11 is 0. The smallest absolute Gasteiger partial charge is 0.230 e. The monoisotopic (exact) mass is 423 g/mol. The molecule has 2 aromatic heterocycles. The van der Waals surface area contributed by atoms with Crippen LogP contribution in [-0.2, 0) is 11.3 Å². The van der Waals surface area contributed by atoms with E-state index in [1.165, 1.54) is 12.8 Å². The summed E-state index contributed by atoms with van der Waals surface area (Å²) in [6.07, 6.45) is 9.28. The number of carbonyl (C=O) groups is 1. The van der Waals surface area contributed by atoms with Crippen LogP contribution in [0.2, 0.25) is 0 Å². The third-order valence-electron chi connectivity index (χ3n) is 7.34. The molecule has 0 N–H and O–H groups in total. The van der Waals surface area contributed by atoms with Crippen molar-refractivity contribution in [3.63, 3.8) is 0 Å². The fourth-order valence-electron chi connectivity index (χ4n) is 5.40. The van der Waals surface area contributed by atoms with E-state index in [0.717, 1.165) is 56.3 Å². The zero-order chi connectivity index (χ0) is 21.6. The van der Waals surface area contributed by atoms with Crippen LogP contribution in [0.5, 0.6) is 5.88 Å². The van der Waals surface area contributed by atoms with E-state index in [-0.39, 0.29) is 11.3 Å². The van der Waals surface area contributed by atoms with Crippen molar-refractivity contribution < 1.29 is 9.53 Å². The number of hydrogen-bond acceptors (Lipinski definition) is 5. The summed E-state index contributed by atoms with van der Waals surface area (Å²) in [4.78, 5) is 27.4. The Morgan fingerprint density at radius 2 is 2.13 bits per heavy atom. The van der Waals surface area contributed by atoms with E-state index in [4.69, 9.17) is 9.72 Å². The minimum atomic E-state index is -0.375. The number of aromatic nitrogens is 3. The van der Waals surface area contributed by atoms with E-state index in [2.05, 4.69) is 45.5 Å². The van der Waals surface area contributed by atoms with Gasteiger partial charge in [-0.05, 0) is 45.1 Å². The maximum absolute atomic E-state index is 13.8. The minimum absolute atomic E-state index is 0.117. The molecule has 31 heavy (non-hydrogen) atoms. The fraction of sp³-hybridized carbons (Fsp3) is 0.625. The van der Waals surface area contributed by atoms with Crippen LogP contribution in [0, 0.1) is 11.3 Å². The van der Waals surface area contributed by atoms with Gasteiger partial charge in [0.2, 0.25) is 11.8 Å². The van der Waals surface area contributed by atoms with Gasteiger partial charge in [0.15, 0.2) is 0 Å². The molecule has 3 aliphatic rings. The van der Waals surface area contributed by atoms with E-state index in [9.17, 15) is 4.79 Å². The normalized spacial score (nSPS) is 26.5. The largest absolute Gasteiger partial charge is 0.481 e. The third kappa shape index (κ3) is 3.73. The Bertz CT molecular complexity index is 953. The molecule has 7 heteroatoms. The van der Waals surface area contributed by atoms with Gasteiger partial charge in [-0.1, -0.05) is 6.07 Å². The Morgan fingerprint density at radius 3 is 2.84 bits per heavy atom. The molecule has 5 rings (SSSR count). The van der Waals surface area contributed by atoms with Crippen LogP contribution < -0.4 is 4.74 Å². The predicted octanol–water partition coefficient (Wildman–Crippen LogP) is 3.10. The van der Waals surface area contributed by atoms with E-state index in [0.29, 0.717) is 17.8 Å². The quantitative estimate of drug-likeness (QED) is 0.685. The number of amides is 1. The Kier molecular flexibility index (Phi) is 5.24. The van der Waals surface area contributed by atoms with Gasteiger partial charge in [0.25, 0.3) is 0 Å². The lowest BCUT2D eigenvalue weighted by atomic mass is 9.75. The summed E-state index contributed by atoms with van der Waals surface area (Å²) in [5.41, 5.74) is 1.74. The highest BCUT2D eigenvalue weighted by Crippen LogP contribution is 2.50. The molecule has 0 bridgehead atoms. The number of likely N-dealkylation sites (tertiary alicyclic amines) is 2. The summed E-state index contributed by atoms with van der Waals surface area (Å²) in [7, 11) is 1.66. The highest BCUT2D eigenvalue weighted by molar-refractivity contribution is 5.87. The second-order valence-electron chi connectivity index (χ2n) is 9.83. The van der Waals surface area contributed by atoms with Crippen LogP contribution in [0.4, 0.5) is 0 Å². The standard InChI is InChI=1S/C24H33N5O2/c1-17(2)29-14-21(26-16-29)20-13-27(12-19-5-4-9-25-22(19)31-3)15-24(20)8-10-28(23(24)30)11-18-6-7-18/h4-5,9,14,16-18,20H,6-8,10-13,15H2,1-3H3/t20-,24+/m1/s1. The topological polar surface area (TPSA) is 63.5 Å². The maximum atomic E-state index is 13.8. The molecule has 4 heterocycles. The van der Waals surface area contributed by atoms with Gasteiger partial charge in [-0.3, -0.25) is 9.69 Å². The van der Waals surface area contributed by atoms with Gasteiger partial charge in [-0.15, -0.1) is 0 Å². The molecular formula is C24H33N5O2. The Morgan fingerprint density at radius 1 is 1.29 bits per heavy atom. The van der Waals surface area contributed by atoms with E-state index in [1.807, 2.05) is 12.4 Å². The van der Waals surface area contributed by atoms with Crippen molar-refractivity contribution in [2.45, 2.75) is 51.6 Å². The second kappa shape index (κ2) is 7.93. The molecule has 2 aliphatic heterocycles. The first-order valence-electron chi connectivity index (χ1n) is 11.5. The average Bonchev–Trinajstić information content (AvgIpc) is 3.18. The van der Waals surface area contributed by atoms with Crippen molar-refractivity contribution in [1.82, 2.24) is 24.3 Å². The van der Waals surface area contributed by atoms with Gasteiger partial charge in [0.05, 0.1) is 24.5 Å². The van der Waals surface area contributed by atoms with Crippen molar-refractivity contribution in [2.75, 3.05) is 33.3 Å². The molecule has 166 valence electrons. The molecule has 7 nitrogen and oxygen atoms in total. The first-order chi connectivity index (χ1) is 15.0. The van der Waals surface area contributed by atoms with Crippen molar-refractivity contribution in [1.29, 1.82) is 0 Å². The van der Waals surface area contributed by atoms with E-state index in [1.54, 1.807) is 13.3 Å². The SMILES string of the molecule is COc1ncccc1CN1C[C@H](c2cn(C(C)C)cn2)[C@]2(CCN(CC3CC3)C2=O)C1. The maximum Gasteiger partial charge on any atom is 0.230 e. The highest BCUT2D eigenvalue weighted by Gasteiger charge is 2.58. The molecule has 2 saturated heterocycles. The molecule has 2 aromatic rings. The molecule has 1 aliphatic carbocycles. The molecule has 1 spiro atoms. The minimum Gasteiger partial charge on any atom is -0.481 e. The highest BCUT2D eigenvalue weighted by atomic mass is 16.5. The molecule has 0 unspecified atom stereocenters. The molecule has 3 fully saturated rings. The second-order valence-corrected chi connectivity index (χ2v) is 9.83. The molecule has 0 radical (unpaired) electrons. The van der Waals surface area contributed by atoms with Gasteiger partial charge in [-0.25, -0.2) is 9.97 Å². The van der Waals surface area contributed by atoms with Gasteiger partial charge >= 0.3 is 0 Å². The van der Waals surface area contributed by atoms with Crippen LogP contribution in [0.25, 0.3) is 0 Å². The van der Waals surface area contributed by atoms with Crippen LogP contribution in [-0.4, -0.2) is 63.5 Å². The summed E-state index contributed by atoms with van der Waals surface area (Å²) in [5, 5.41) is 0. The average molecular weight is 424 g/mol. The van der Waals surface area contributed by atoms with E-state index >= 15 is 0 Å². The lowest BCUT2D eigenvalue weighted by Crippen LogP contribution is -2.40. The Labute approximate surface area is 184 Å². The number of nitrogens with zero attached hydrogens (tertiary/aromatic N) is 5. The summed E-state index contributed by atoms with van der Waals surface area (Å²) in [6, 6.07) is 4.37. The lowest BCUT2D eigenvalue weighted by Gasteiger charge is -2.28. The van der Waals surface area contributed by atoms with Crippen molar-refractivity contribution in [2.24, 2.45) is 11.3 Å². The fourth-order valence-corrected chi connectivity index (χ4v) is 5.40. The zero-order valence-electron chi connectivity index (χ0n) is 18.8. The van der Waals surface area contributed by atoms with E-state index < -0.39 is 0 Å². The zero-order valence-corrected chi connectivity index (χ0v) is 18.8. The van der Waals surface area contributed by atoms with Crippen LogP contribution in [0.15, 0.2) is 30.9 Å². The van der Waals surface area contributed by atoms with Crippen molar-refractivity contribution >= 4 is 5.91 Å². The summed E-state index contributed by atoms with van der Waals surface area (Å²) in [5.74, 6) is 1.84. The number of carbonyl (C=O) groups excluding carboxylic acids is 1. The van der Waals surface area contributed by atoms with Crippen LogP contribution in [0.1, 0.15) is 56.3 Å². The molecule has 1 saturated carbocycles. The molecular weight excluding hydrogens is 390 g/mol. The summed E-state index contributed by atoms with van der Waals surface area (Å²) in [6.45, 7) is 8.46. The van der Waals surface area contributed by atoms with Gasteiger partial charge in [0.1, 0.15) is 0 Å². The van der Waals surface area contributed by atoms with Crippen LogP contribution in [0.3, 0.4) is 0 Å². The number of pyridine rings is 1. The number of hydrogen-bond donors (Lipinski definition) is 0. The van der Waals surface area contributed by atoms with Gasteiger partial charge < -0.3 is 14.2 Å². The Hall–Kier alpha value is -2.41. The number of imidazole rings is 1. The molecule has 0 aromatic carbocycles. The summed E-state index contributed by atoms with van der Waals surface area (Å²) < 4.78 is 7.62. The van der Waals surface area contributed by atoms with Crippen molar-refractivity contribution in [3.05, 3.63) is 42.1 Å². The van der Waals surface area contributed by atoms with Gasteiger partial charge in [0, 0.05) is 62.6 Å². The Balaban J connectivity index is 1.44. The first-order valence-corrected chi connectivity index (χ1v) is 11.5. The predicted molar refractivity (Wildman–Crippen MR) is 118 cm³/mol. The first kappa shape index (κ1) is 20.5. The number of methoxy groups -OCH3 is 1. The number of rotatable bonds is 7. The van der Waals surface area contributed by atoms with Gasteiger partial charge in [-0.2, -0.15) is 0 Å². The molecule has 2 atom stereocenters. The number of ether oxygens (including phenoxy) is 1. The van der Waals surface area contributed by atoms with Crippen LogP contribution >= 0.6 is 0 Å². The molecule has 1 amide bonds. The lowest BCUT2D eigenvalue weighted by molar-refractivity contribution is -0.136. The third-order valence-corrected chi connectivity index (χ3v) is 7.34. The van der Waals surface area contributed by atoms with Crippen molar-refractivity contribution in [3.8, 4) is 5.88 Å².